The second-order valence-corrected chi connectivity index (χ2v) is 5.84. The Morgan fingerprint density at radius 2 is 1.95 bits per heavy atom. The van der Waals surface area contributed by atoms with Crippen LogP contribution in [0.2, 0.25) is 0 Å². The Morgan fingerprint density at radius 1 is 1.18 bits per heavy atom. The number of aryl methyl sites for hydroxylation is 1. The zero-order valence-electron chi connectivity index (χ0n) is 13.6. The van der Waals surface area contributed by atoms with Gasteiger partial charge in [0, 0.05) is 13.0 Å². The Labute approximate surface area is 132 Å². The number of benzene rings is 1. The van der Waals surface area contributed by atoms with Crippen LogP contribution in [0.3, 0.4) is 0 Å². The van der Waals surface area contributed by atoms with Crippen molar-refractivity contribution in [3.63, 3.8) is 0 Å². The van der Waals surface area contributed by atoms with Gasteiger partial charge in [-0.05, 0) is 57.6 Å². The van der Waals surface area contributed by atoms with Gasteiger partial charge in [-0.25, -0.2) is 0 Å². The summed E-state index contributed by atoms with van der Waals surface area (Å²) in [5.74, 6) is 1.77. The minimum Gasteiger partial charge on any atom is -0.486 e. The minimum atomic E-state index is 0.135. The fourth-order valence-corrected chi connectivity index (χ4v) is 2.41. The van der Waals surface area contributed by atoms with Gasteiger partial charge in [-0.1, -0.05) is 6.07 Å². The van der Waals surface area contributed by atoms with E-state index in [1.807, 2.05) is 32.3 Å². The number of hydrogen-bond donors (Lipinski definition) is 1. The van der Waals surface area contributed by atoms with Crippen molar-refractivity contribution in [1.29, 1.82) is 0 Å². The van der Waals surface area contributed by atoms with E-state index in [-0.39, 0.29) is 5.91 Å². The van der Waals surface area contributed by atoms with Crippen LogP contribution in [0.4, 0.5) is 0 Å². The molecule has 1 amide bonds. The van der Waals surface area contributed by atoms with Gasteiger partial charge in [-0.2, -0.15) is 0 Å². The van der Waals surface area contributed by atoms with Crippen molar-refractivity contribution in [1.82, 2.24) is 10.2 Å². The molecule has 0 spiro atoms. The van der Waals surface area contributed by atoms with Crippen molar-refractivity contribution in [3.8, 4) is 11.5 Å². The molecule has 0 atom stereocenters. The first-order chi connectivity index (χ1) is 10.6. The quantitative estimate of drug-likeness (QED) is 0.745. The van der Waals surface area contributed by atoms with Crippen LogP contribution in [0.1, 0.15) is 24.8 Å². The summed E-state index contributed by atoms with van der Waals surface area (Å²) < 4.78 is 11.1. The first-order valence-electron chi connectivity index (χ1n) is 7.95. The second-order valence-electron chi connectivity index (χ2n) is 5.84. The average Bonchev–Trinajstić information content (AvgIpc) is 2.51. The molecule has 1 N–H and O–H groups in total. The SMILES string of the molecule is CN(C)CCCNC(=O)CCCc1ccc2c(c1)OCCO2. The van der Waals surface area contributed by atoms with Crippen molar-refractivity contribution < 1.29 is 14.3 Å². The maximum atomic E-state index is 11.7. The molecule has 0 radical (unpaired) electrons. The highest BCUT2D eigenvalue weighted by Gasteiger charge is 2.11. The third kappa shape index (κ3) is 5.56. The monoisotopic (exact) mass is 306 g/mol. The Morgan fingerprint density at radius 3 is 2.73 bits per heavy atom. The number of nitrogens with zero attached hydrogens (tertiary/aromatic N) is 1. The highest BCUT2D eigenvalue weighted by molar-refractivity contribution is 5.75. The predicted molar refractivity (Wildman–Crippen MR) is 86.6 cm³/mol. The molecule has 0 saturated carbocycles. The molecule has 0 unspecified atom stereocenters. The van der Waals surface area contributed by atoms with Gasteiger partial charge in [-0.15, -0.1) is 0 Å². The summed E-state index contributed by atoms with van der Waals surface area (Å²) in [6, 6.07) is 6.01. The standard InChI is InChI=1S/C17H26N2O3/c1-19(2)10-4-9-18-17(20)6-3-5-14-7-8-15-16(13-14)22-12-11-21-15/h7-8,13H,3-6,9-12H2,1-2H3,(H,18,20). The highest BCUT2D eigenvalue weighted by Crippen LogP contribution is 2.31. The number of carbonyl (C=O) groups excluding carboxylic acids is 1. The second kappa shape index (κ2) is 8.63. The number of rotatable bonds is 8. The fourth-order valence-electron chi connectivity index (χ4n) is 2.41. The van der Waals surface area contributed by atoms with Gasteiger partial charge in [0.15, 0.2) is 11.5 Å². The summed E-state index contributed by atoms with van der Waals surface area (Å²) >= 11 is 0. The highest BCUT2D eigenvalue weighted by atomic mass is 16.6. The number of amides is 1. The molecule has 1 heterocycles. The smallest absolute Gasteiger partial charge is 0.220 e. The fraction of sp³-hybridized carbons (Fsp3) is 0.588. The van der Waals surface area contributed by atoms with E-state index in [2.05, 4.69) is 10.2 Å². The Kier molecular flexibility index (Phi) is 6.52. The molecule has 5 heteroatoms. The average molecular weight is 306 g/mol. The Hall–Kier alpha value is -1.75. The molecule has 2 rings (SSSR count). The van der Waals surface area contributed by atoms with Crippen molar-refractivity contribution in [3.05, 3.63) is 23.8 Å². The molecule has 5 nitrogen and oxygen atoms in total. The largest absolute Gasteiger partial charge is 0.486 e. The normalized spacial score (nSPS) is 13.2. The number of hydrogen-bond acceptors (Lipinski definition) is 4. The number of fused-ring (bicyclic) bond motifs is 1. The van der Waals surface area contributed by atoms with Gasteiger partial charge in [0.25, 0.3) is 0 Å². The van der Waals surface area contributed by atoms with E-state index in [0.29, 0.717) is 19.6 Å². The molecule has 22 heavy (non-hydrogen) atoms. The number of nitrogens with one attached hydrogen (secondary N) is 1. The maximum absolute atomic E-state index is 11.7. The van der Waals surface area contributed by atoms with E-state index in [0.717, 1.165) is 43.9 Å². The molecule has 0 bridgehead atoms. The molecule has 1 aliphatic rings. The minimum absolute atomic E-state index is 0.135. The summed E-state index contributed by atoms with van der Waals surface area (Å²) in [5.41, 5.74) is 1.18. The van der Waals surface area contributed by atoms with E-state index in [9.17, 15) is 4.79 Å². The molecule has 1 aromatic rings. The third-order valence-electron chi connectivity index (χ3n) is 3.58. The third-order valence-corrected chi connectivity index (χ3v) is 3.58. The molecule has 0 saturated heterocycles. The van der Waals surface area contributed by atoms with Crippen LogP contribution in [0, 0.1) is 0 Å². The molecule has 1 aliphatic heterocycles. The Bertz CT molecular complexity index is 489. The summed E-state index contributed by atoms with van der Waals surface area (Å²) in [7, 11) is 4.07. The van der Waals surface area contributed by atoms with E-state index >= 15 is 0 Å². The zero-order valence-corrected chi connectivity index (χ0v) is 13.6. The van der Waals surface area contributed by atoms with E-state index in [1.54, 1.807) is 0 Å². The lowest BCUT2D eigenvalue weighted by molar-refractivity contribution is -0.121. The van der Waals surface area contributed by atoms with Crippen LogP contribution in [0.15, 0.2) is 18.2 Å². The van der Waals surface area contributed by atoms with Crippen LogP contribution in [-0.2, 0) is 11.2 Å². The van der Waals surface area contributed by atoms with Gasteiger partial charge in [0.05, 0.1) is 0 Å². The lowest BCUT2D eigenvalue weighted by Crippen LogP contribution is -2.26. The lowest BCUT2D eigenvalue weighted by Gasteiger charge is -2.18. The lowest BCUT2D eigenvalue weighted by atomic mass is 10.1. The van der Waals surface area contributed by atoms with Crippen molar-refractivity contribution in [2.75, 3.05) is 40.4 Å². The van der Waals surface area contributed by atoms with Crippen LogP contribution < -0.4 is 14.8 Å². The Balaban J connectivity index is 1.64. The predicted octanol–water partition coefficient (Wildman–Crippen LogP) is 1.85. The molecular formula is C17H26N2O3. The van der Waals surface area contributed by atoms with Gasteiger partial charge < -0.3 is 19.7 Å². The van der Waals surface area contributed by atoms with Gasteiger partial charge in [0.2, 0.25) is 5.91 Å². The van der Waals surface area contributed by atoms with E-state index < -0.39 is 0 Å². The molecule has 122 valence electrons. The van der Waals surface area contributed by atoms with E-state index in [1.165, 1.54) is 5.56 Å². The van der Waals surface area contributed by atoms with Gasteiger partial charge in [0.1, 0.15) is 13.2 Å². The first kappa shape index (κ1) is 16.6. The number of ether oxygens (including phenoxy) is 2. The van der Waals surface area contributed by atoms with Crippen LogP contribution in [-0.4, -0.2) is 51.2 Å². The summed E-state index contributed by atoms with van der Waals surface area (Å²) in [5, 5.41) is 2.96. The zero-order chi connectivity index (χ0) is 15.8. The van der Waals surface area contributed by atoms with Crippen LogP contribution in [0.5, 0.6) is 11.5 Å². The molecule has 1 aromatic carbocycles. The summed E-state index contributed by atoms with van der Waals surface area (Å²) in [4.78, 5) is 13.9. The van der Waals surface area contributed by atoms with Crippen molar-refractivity contribution in [2.45, 2.75) is 25.7 Å². The first-order valence-corrected chi connectivity index (χ1v) is 7.95. The van der Waals surface area contributed by atoms with Gasteiger partial charge >= 0.3 is 0 Å². The summed E-state index contributed by atoms with van der Waals surface area (Å²) in [6.45, 7) is 2.96. The molecule has 0 aliphatic carbocycles. The number of carbonyl (C=O) groups is 1. The maximum Gasteiger partial charge on any atom is 0.220 e. The topological polar surface area (TPSA) is 50.8 Å². The molecule has 0 fully saturated rings. The van der Waals surface area contributed by atoms with Gasteiger partial charge in [-0.3, -0.25) is 4.79 Å². The van der Waals surface area contributed by atoms with Crippen molar-refractivity contribution >= 4 is 5.91 Å². The van der Waals surface area contributed by atoms with Crippen LogP contribution >= 0.6 is 0 Å². The van der Waals surface area contributed by atoms with Crippen LogP contribution in [0.25, 0.3) is 0 Å². The molecule has 0 aromatic heterocycles. The van der Waals surface area contributed by atoms with Crippen molar-refractivity contribution in [2.24, 2.45) is 0 Å². The summed E-state index contributed by atoms with van der Waals surface area (Å²) in [6.07, 6.45) is 3.28. The van der Waals surface area contributed by atoms with E-state index in [4.69, 9.17) is 9.47 Å². The molecular weight excluding hydrogens is 280 g/mol.